The second kappa shape index (κ2) is 8.09. The van der Waals surface area contributed by atoms with Gasteiger partial charge < -0.3 is 20.6 Å². The lowest BCUT2D eigenvalue weighted by atomic mass is 9.98. The third-order valence-electron chi connectivity index (χ3n) is 3.58. The van der Waals surface area contributed by atoms with Gasteiger partial charge in [-0.3, -0.25) is 0 Å². The third-order valence-corrected chi connectivity index (χ3v) is 3.58. The van der Waals surface area contributed by atoms with Crippen molar-refractivity contribution >= 4 is 12.0 Å². The molecule has 1 heterocycles. The lowest BCUT2D eigenvalue weighted by molar-refractivity contribution is -0.139. The summed E-state index contributed by atoms with van der Waals surface area (Å²) in [6, 6.07) is -1.20. The first-order valence-corrected chi connectivity index (χ1v) is 7.34. The van der Waals surface area contributed by atoms with Crippen LogP contribution in [0.2, 0.25) is 0 Å². The van der Waals surface area contributed by atoms with Gasteiger partial charge in [-0.15, -0.1) is 0 Å². The quantitative estimate of drug-likeness (QED) is 0.683. The molecule has 3 N–H and O–H groups in total. The minimum Gasteiger partial charge on any atom is -0.480 e. The minimum atomic E-state index is -0.980. The van der Waals surface area contributed by atoms with Crippen LogP contribution >= 0.6 is 0 Å². The molecular formula is C14H27N3O3. The van der Waals surface area contributed by atoms with E-state index in [4.69, 9.17) is 5.11 Å². The van der Waals surface area contributed by atoms with Crippen molar-refractivity contribution in [2.45, 2.75) is 39.2 Å². The van der Waals surface area contributed by atoms with E-state index in [-0.39, 0.29) is 11.9 Å². The van der Waals surface area contributed by atoms with Crippen molar-refractivity contribution in [2.75, 3.05) is 26.7 Å². The lowest BCUT2D eigenvalue weighted by Crippen LogP contribution is -2.48. The Morgan fingerprint density at radius 1 is 1.40 bits per heavy atom. The van der Waals surface area contributed by atoms with Gasteiger partial charge in [0.2, 0.25) is 0 Å². The Morgan fingerprint density at radius 3 is 2.65 bits per heavy atom. The first-order chi connectivity index (χ1) is 9.38. The molecule has 0 aromatic carbocycles. The highest BCUT2D eigenvalue weighted by Crippen LogP contribution is 2.13. The van der Waals surface area contributed by atoms with Crippen molar-refractivity contribution in [1.82, 2.24) is 15.5 Å². The number of aliphatic carboxylic acids is 1. The van der Waals surface area contributed by atoms with Crippen molar-refractivity contribution in [3.63, 3.8) is 0 Å². The molecule has 1 rings (SSSR count). The highest BCUT2D eigenvalue weighted by atomic mass is 16.4. The zero-order valence-corrected chi connectivity index (χ0v) is 12.7. The molecule has 6 heteroatoms. The molecular weight excluding hydrogens is 258 g/mol. The van der Waals surface area contributed by atoms with Gasteiger partial charge in [0.05, 0.1) is 0 Å². The molecule has 20 heavy (non-hydrogen) atoms. The van der Waals surface area contributed by atoms with E-state index in [1.165, 1.54) is 0 Å². The molecule has 0 aromatic heterocycles. The summed E-state index contributed by atoms with van der Waals surface area (Å²) in [5.41, 5.74) is 0. The molecule has 0 spiro atoms. The largest absolute Gasteiger partial charge is 0.480 e. The molecule has 0 aliphatic carbocycles. The number of carboxylic acids is 1. The Hall–Kier alpha value is -1.30. The van der Waals surface area contributed by atoms with Crippen molar-refractivity contribution in [3.8, 4) is 0 Å². The van der Waals surface area contributed by atoms with Gasteiger partial charge >= 0.3 is 12.0 Å². The van der Waals surface area contributed by atoms with Gasteiger partial charge in [-0.25, -0.2) is 9.59 Å². The standard InChI is InChI=1S/C14H27N3O3/c1-10(2)7-12(13(18)19)16-14(20)15-8-11-5-4-6-17(3)9-11/h10-12H,4-9H2,1-3H3,(H,18,19)(H2,15,16,20)/t11?,12-/m1/s1. The smallest absolute Gasteiger partial charge is 0.326 e. The number of nitrogens with zero attached hydrogens (tertiary/aromatic N) is 1. The molecule has 2 amide bonds. The Kier molecular flexibility index (Phi) is 6.78. The number of likely N-dealkylation sites (tertiary alicyclic amines) is 1. The van der Waals surface area contributed by atoms with Gasteiger partial charge in [-0.1, -0.05) is 13.8 Å². The maximum atomic E-state index is 11.8. The maximum Gasteiger partial charge on any atom is 0.326 e. The van der Waals surface area contributed by atoms with Gasteiger partial charge in [-0.05, 0) is 44.7 Å². The average Bonchev–Trinajstić information content (AvgIpc) is 2.35. The van der Waals surface area contributed by atoms with Gasteiger partial charge in [0.1, 0.15) is 6.04 Å². The molecule has 0 aromatic rings. The van der Waals surface area contributed by atoms with Gasteiger partial charge in [0.15, 0.2) is 0 Å². The van der Waals surface area contributed by atoms with E-state index in [2.05, 4.69) is 22.6 Å². The fourth-order valence-electron chi connectivity index (χ4n) is 2.58. The van der Waals surface area contributed by atoms with Crippen LogP contribution in [-0.2, 0) is 4.79 Å². The Bertz CT molecular complexity index is 334. The molecule has 0 radical (unpaired) electrons. The average molecular weight is 285 g/mol. The van der Waals surface area contributed by atoms with Crippen LogP contribution in [0.3, 0.4) is 0 Å². The zero-order valence-electron chi connectivity index (χ0n) is 12.7. The second-order valence-corrected chi connectivity index (χ2v) is 6.15. The summed E-state index contributed by atoms with van der Waals surface area (Å²) in [5, 5.41) is 14.4. The number of carbonyl (C=O) groups excluding carboxylic acids is 1. The molecule has 1 unspecified atom stereocenters. The number of hydrogen-bond donors (Lipinski definition) is 3. The van der Waals surface area contributed by atoms with Crippen LogP contribution < -0.4 is 10.6 Å². The Labute approximate surface area is 120 Å². The molecule has 6 nitrogen and oxygen atoms in total. The lowest BCUT2D eigenvalue weighted by Gasteiger charge is -2.29. The van der Waals surface area contributed by atoms with E-state index in [0.29, 0.717) is 18.9 Å². The van der Waals surface area contributed by atoms with Crippen LogP contribution in [0.1, 0.15) is 33.1 Å². The molecule has 116 valence electrons. The van der Waals surface area contributed by atoms with E-state index < -0.39 is 12.0 Å². The highest BCUT2D eigenvalue weighted by molar-refractivity contribution is 5.82. The molecule has 0 bridgehead atoms. The maximum absolute atomic E-state index is 11.8. The monoisotopic (exact) mass is 285 g/mol. The molecule has 1 saturated heterocycles. The fourth-order valence-corrected chi connectivity index (χ4v) is 2.58. The van der Waals surface area contributed by atoms with Crippen LogP contribution in [0.15, 0.2) is 0 Å². The number of hydrogen-bond acceptors (Lipinski definition) is 3. The summed E-state index contributed by atoms with van der Waals surface area (Å²) < 4.78 is 0. The minimum absolute atomic E-state index is 0.225. The summed E-state index contributed by atoms with van der Waals surface area (Å²) in [6.45, 7) is 6.57. The summed E-state index contributed by atoms with van der Waals surface area (Å²) in [5.74, 6) is -0.303. The van der Waals surface area contributed by atoms with Crippen LogP contribution in [-0.4, -0.2) is 54.7 Å². The van der Waals surface area contributed by atoms with Crippen LogP contribution in [0, 0.1) is 11.8 Å². The number of urea groups is 1. The Balaban J connectivity index is 2.32. The first kappa shape index (κ1) is 16.8. The second-order valence-electron chi connectivity index (χ2n) is 6.15. The van der Waals surface area contributed by atoms with Gasteiger partial charge in [0, 0.05) is 13.1 Å². The molecule has 1 fully saturated rings. The van der Waals surface area contributed by atoms with Crippen LogP contribution in [0.5, 0.6) is 0 Å². The van der Waals surface area contributed by atoms with E-state index in [9.17, 15) is 9.59 Å². The van der Waals surface area contributed by atoms with E-state index in [0.717, 1.165) is 25.9 Å². The zero-order chi connectivity index (χ0) is 15.1. The van der Waals surface area contributed by atoms with Gasteiger partial charge in [0.25, 0.3) is 0 Å². The van der Waals surface area contributed by atoms with E-state index in [1.807, 2.05) is 13.8 Å². The number of amides is 2. The SMILES string of the molecule is CC(C)C[C@@H](NC(=O)NCC1CCCN(C)C1)C(=O)O. The number of carboxylic acid groups (broad SMARTS) is 1. The molecule has 1 aliphatic rings. The van der Waals surface area contributed by atoms with Crippen molar-refractivity contribution in [2.24, 2.45) is 11.8 Å². The molecule has 1 aliphatic heterocycles. The van der Waals surface area contributed by atoms with E-state index >= 15 is 0 Å². The summed E-state index contributed by atoms with van der Waals surface area (Å²) >= 11 is 0. The van der Waals surface area contributed by atoms with Crippen molar-refractivity contribution < 1.29 is 14.7 Å². The third kappa shape index (κ3) is 6.23. The van der Waals surface area contributed by atoms with E-state index in [1.54, 1.807) is 0 Å². The normalized spacial score (nSPS) is 21.5. The summed E-state index contributed by atoms with van der Waals surface area (Å²) in [6.07, 6.45) is 2.70. The highest BCUT2D eigenvalue weighted by Gasteiger charge is 2.22. The van der Waals surface area contributed by atoms with Crippen molar-refractivity contribution in [3.05, 3.63) is 0 Å². The van der Waals surface area contributed by atoms with Crippen LogP contribution in [0.4, 0.5) is 4.79 Å². The predicted octanol–water partition coefficient (Wildman–Crippen LogP) is 1.13. The topological polar surface area (TPSA) is 81.7 Å². The summed E-state index contributed by atoms with van der Waals surface area (Å²) in [7, 11) is 2.08. The number of carbonyl (C=O) groups is 2. The number of nitrogens with one attached hydrogen (secondary N) is 2. The van der Waals surface area contributed by atoms with Crippen molar-refractivity contribution in [1.29, 1.82) is 0 Å². The van der Waals surface area contributed by atoms with Gasteiger partial charge in [-0.2, -0.15) is 0 Å². The summed E-state index contributed by atoms with van der Waals surface area (Å²) in [4.78, 5) is 25.1. The molecule has 2 atom stereocenters. The Morgan fingerprint density at radius 2 is 2.10 bits per heavy atom. The number of piperidine rings is 1. The molecule has 0 saturated carbocycles. The van der Waals surface area contributed by atoms with Crippen LogP contribution in [0.25, 0.3) is 0 Å². The predicted molar refractivity (Wildman–Crippen MR) is 77.6 cm³/mol. The number of rotatable bonds is 6. The fraction of sp³-hybridized carbons (Fsp3) is 0.857. The first-order valence-electron chi connectivity index (χ1n) is 7.34.